The number of carbonyl (C=O) groups is 1. The summed E-state index contributed by atoms with van der Waals surface area (Å²) in [7, 11) is -3.15. The van der Waals surface area contributed by atoms with Gasteiger partial charge in [0.05, 0.1) is 5.75 Å². The van der Waals surface area contributed by atoms with Crippen LogP contribution in [-0.2, 0) is 14.6 Å². The van der Waals surface area contributed by atoms with E-state index in [0.29, 0.717) is 12.8 Å². The van der Waals surface area contributed by atoms with Crippen molar-refractivity contribution in [3.63, 3.8) is 0 Å². The molecule has 0 saturated heterocycles. The van der Waals surface area contributed by atoms with E-state index in [1.807, 2.05) is 13.8 Å². The highest BCUT2D eigenvalue weighted by molar-refractivity contribution is 7.92. The molecule has 0 radical (unpaired) electrons. The van der Waals surface area contributed by atoms with E-state index < -0.39 is 9.84 Å². The third-order valence-corrected chi connectivity index (χ3v) is 3.97. The summed E-state index contributed by atoms with van der Waals surface area (Å²) in [5.74, 6) is -0.414. The fourth-order valence-corrected chi connectivity index (χ4v) is 2.61. The lowest BCUT2D eigenvalue weighted by Gasteiger charge is -2.07. The van der Waals surface area contributed by atoms with Crippen LogP contribution >= 0.6 is 0 Å². The fourth-order valence-electron chi connectivity index (χ4n) is 1.02. The fraction of sp³-hybridized carbons (Fsp3) is 0.900. The molecule has 0 aromatic rings. The van der Waals surface area contributed by atoms with Crippen molar-refractivity contribution in [2.45, 2.75) is 40.0 Å². The summed E-state index contributed by atoms with van der Waals surface area (Å²) in [4.78, 5) is 11.4. The van der Waals surface area contributed by atoms with Crippen LogP contribution in [-0.4, -0.2) is 25.7 Å². The Morgan fingerprint density at radius 1 is 1.29 bits per heavy atom. The molecule has 0 saturated carbocycles. The average molecular weight is 220 g/mol. The van der Waals surface area contributed by atoms with Gasteiger partial charge >= 0.3 is 0 Å². The monoisotopic (exact) mass is 220 g/mol. The number of rotatable bonds is 7. The molecule has 0 spiro atoms. The molecule has 0 heterocycles. The lowest BCUT2D eigenvalue weighted by atomic mass is 10.1. The smallest absolute Gasteiger partial charge is 0.157 e. The maximum atomic E-state index is 11.4. The second-order valence-corrected chi connectivity index (χ2v) is 5.91. The zero-order valence-electron chi connectivity index (χ0n) is 9.25. The van der Waals surface area contributed by atoms with E-state index in [1.165, 1.54) is 0 Å². The van der Waals surface area contributed by atoms with E-state index in [9.17, 15) is 13.2 Å². The molecule has 0 aliphatic rings. The topological polar surface area (TPSA) is 51.2 Å². The van der Waals surface area contributed by atoms with Crippen LogP contribution in [0.4, 0.5) is 0 Å². The first-order valence-corrected chi connectivity index (χ1v) is 6.98. The number of carbonyl (C=O) groups excluding carboxylic acids is 1. The second-order valence-electron chi connectivity index (χ2n) is 3.72. The Kier molecular flexibility index (Phi) is 6.00. The molecule has 3 nitrogen and oxygen atoms in total. The number of hydrogen-bond donors (Lipinski definition) is 0. The van der Waals surface area contributed by atoms with E-state index in [1.54, 1.807) is 6.92 Å². The third kappa shape index (κ3) is 5.37. The minimum atomic E-state index is -3.15. The van der Waals surface area contributed by atoms with Crippen molar-refractivity contribution < 1.29 is 13.2 Å². The van der Waals surface area contributed by atoms with Gasteiger partial charge < -0.3 is 0 Å². The molecule has 0 aliphatic heterocycles. The van der Waals surface area contributed by atoms with Gasteiger partial charge in [0.25, 0.3) is 0 Å². The van der Waals surface area contributed by atoms with Crippen molar-refractivity contribution in [2.75, 3.05) is 11.5 Å². The average Bonchev–Trinajstić information content (AvgIpc) is 2.12. The van der Waals surface area contributed by atoms with Crippen LogP contribution in [0.15, 0.2) is 0 Å². The maximum Gasteiger partial charge on any atom is 0.157 e. The van der Waals surface area contributed by atoms with Crippen molar-refractivity contribution in [3.05, 3.63) is 0 Å². The Balaban J connectivity index is 4.16. The van der Waals surface area contributed by atoms with Gasteiger partial charge in [-0.3, -0.25) is 4.79 Å². The zero-order valence-corrected chi connectivity index (χ0v) is 10.1. The summed E-state index contributed by atoms with van der Waals surface area (Å²) >= 11 is 0. The van der Waals surface area contributed by atoms with Gasteiger partial charge in [-0.15, -0.1) is 0 Å². The van der Waals surface area contributed by atoms with Crippen molar-refractivity contribution in [1.82, 2.24) is 0 Å². The van der Waals surface area contributed by atoms with E-state index in [-0.39, 0.29) is 23.2 Å². The highest BCUT2D eigenvalue weighted by atomic mass is 32.2. The lowest BCUT2D eigenvalue weighted by Crippen LogP contribution is -2.23. The van der Waals surface area contributed by atoms with Gasteiger partial charge in [0, 0.05) is 5.92 Å². The quantitative estimate of drug-likeness (QED) is 0.657. The lowest BCUT2D eigenvalue weighted by molar-refractivity contribution is -0.119. The van der Waals surface area contributed by atoms with E-state index in [0.717, 1.165) is 6.42 Å². The number of unbranched alkanes of at least 4 members (excludes halogenated alkanes) is 1. The summed E-state index contributed by atoms with van der Waals surface area (Å²) in [6.07, 6.45) is 2.20. The van der Waals surface area contributed by atoms with Crippen LogP contribution in [0, 0.1) is 5.92 Å². The van der Waals surface area contributed by atoms with E-state index in [4.69, 9.17) is 0 Å². The first-order chi connectivity index (χ1) is 6.43. The van der Waals surface area contributed by atoms with Crippen molar-refractivity contribution >= 4 is 15.6 Å². The zero-order chi connectivity index (χ0) is 11.2. The van der Waals surface area contributed by atoms with Gasteiger partial charge in [0.1, 0.15) is 5.75 Å². The van der Waals surface area contributed by atoms with Crippen LogP contribution in [0.5, 0.6) is 0 Å². The minimum Gasteiger partial charge on any atom is -0.298 e. The van der Waals surface area contributed by atoms with Crippen molar-refractivity contribution in [3.8, 4) is 0 Å². The Labute approximate surface area is 86.8 Å². The molecule has 14 heavy (non-hydrogen) atoms. The van der Waals surface area contributed by atoms with Crippen LogP contribution in [0.3, 0.4) is 0 Å². The molecule has 1 atom stereocenters. The Bertz CT molecular complexity index is 267. The molecule has 84 valence electrons. The van der Waals surface area contributed by atoms with Crippen molar-refractivity contribution in [1.29, 1.82) is 0 Å². The first kappa shape index (κ1) is 13.6. The Morgan fingerprint density at radius 3 is 2.29 bits per heavy atom. The molecule has 0 aliphatic carbocycles. The molecule has 4 heteroatoms. The number of hydrogen-bond acceptors (Lipinski definition) is 3. The third-order valence-electron chi connectivity index (χ3n) is 2.33. The van der Waals surface area contributed by atoms with Gasteiger partial charge in [0.2, 0.25) is 0 Å². The molecule has 0 bridgehead atoms. The van der Waals surface area contributed by atoms with E-state index in [2.05, 4.69) is 0 Å². The number of ketones is 1. The second kappa shape index (κ2) is 6.17. The highest BCUT2D eigenvalue weighted by Crippen LogP contribution is 2.06. The Hall–Kier alpha value is -0.380. The van der Waals surface area contributed by atoms with Crippen LogP contribution in [0.25, 0.3) is 0 Å². The molecule has 0 fully saturated rings. The standard InChI is InChI=1S/C10H20O3S/c1-4-6-7-14(12,13)8-10(11)9(3)5-2/h9H,4-8H2,1-3H3. The molecule has 0 aromatic heterocycles. The van der Waals surface area contributed by atoms with Crippen molar-refractivity contribution in [2.24, 2.45) is 5.92 Å². The summed E-state index contributed by atoms with van der Waals surface area (Å²) in [6, 6.07) is 0. The number of Topliss-reactive ketones (excluding diaryl/α,β-unsaturated/α-hetero) is 1. The van der Waals surface area contributed by atoms with Crippen LogP contribution in [0.1, 0.15) is 40.0 Å². The van der Waals surface area contributed by atoms with E-state index >= 15 is 0 Å². The SMILES string of the molecule is CCCCS(=O)(=O)CC(=O)C(C)CC. The predicted octanol–water partition coefficient (Wildman–Crippen LogP) is 1.82. The van der Waals surface area contributed by atoms with Gasteiger partial charge in [-0.25, -0.2) is 8.42 Å². The molecule has 0 N–H and O–H groups in total. The van der Waals surface area contributed by atoms with Gasteiger partial charge in [-0.1, -0.05) is 27.2 Å². The summed E-state index contributed by atoms with van der Waals surface area (Å²) in [5.41, 5.74) is 0. The molecule has 0 aromatic carbocycles. The summed E-state index contributed by atoms with van der Waals surface area (Å²) in [5, 5.41) is 0. The van der Waals surface area contributed by atoms with Gasteiger partial charge in [-0.05, 0) is 12.8 Å². The highest BCUT2D eigenvalue weighted by Gasteiger charge is 2.19. The predicted molar refractivity (Wildman–Crippen MR) is 58.0 cm³/mol. The Morgan fingerprint density at radius 2 is 1.86 bits per heavy atom. The summed E-state index contributed by atoms with van der Waals surface area (Å²) in [6.45, 7) is 5.60. The molecule has 1 unspecified atom stereocenters. The normalized spacial score (nSPS) is 13.9. The minimum absolute atomic E-state index is 0.133. The largest absolute Gasteiger partial charge is 0.298 e. The maximum absolute atomic E-state index is 11.4. The molecule has 0 amide bonds. The van der Waals surface area contributed by atoms with Gasteiger partial charge in [-0.2, -0.15) is 0 Å². The molecular weight excluding hydrogens is 200 g/mol. The van der Waals surface area contributed by atoms with Crippen LogP contribution in [0.2, 0.25) is 0 Å². The van der Waals surface area contributed by atoms with Crippen LogP contribution < -0.4 is 0 Å². The summed E-state index contributed by atoms with van der Waals surface area (Å²) < 4.78 is 22.8. The van der Waals surface area contributed by atoms with Gasteiger partial charge in [0.15, 0.2) is 15.6 Å². The molecular formula is C10H20O3S. The number of sulfone groups is 1. The first-order valence-electron chi connectivity index (χ1n) is 5.16. The molecule has 0 rings (SSSR count).